The van der Waals surface area contributed by atoms with Crippen LogP contribution in [0.1, 0.15) is 11.1 Å². The summed E-state index contributed by atoms with van der Waals surface area (Å²) in [5.41, 5.74) is 3.55. The van der Waals surface area contributed by atoms with Gasteiger partial charge in [0.15, 0.2) is 0 Å². The minimum absolute atomic E-state index is 0.850. The van der Waals surface area contributed by atoms with Gasteiger partial charge in [0.1, 0.15) is 0 Å². The molecule has 0 aliphatic rings. The van der Waals surface area contributed by atoms with Gasteiger partial charge in [0, 0.05) is 20.5 Å². The predicted octanol–water partition coefficient (Wildman–Crippen LogP) is 3.20. The van der Waals surface area contributed by atoms with Gasteiger partial charge in [0.05, 0.1) is 5.71 Å². The molecule has 0 amide bonds. The maximum absolute atomic E-state index is 4.59. The fraction of sp³-hybridized carbons (Fsp3) is 0.188. The van der Waals surface area contributed by atoms with Crippen molar-refractivity contribution in [1.29, 1.82) is 0 Å². The lowest BCUT2D eigenvalue weighted by molar-refractivity contribution is 0.437. The maximum Gasteiger partial charge on any atom is 0.0721 e. The van der Waals surface area contributed by atoms with Gasteiger partial charge in [0.2, 0.25) is 0 Å². The molecular weight excluding hydrogens is 220 g/mol. The van der Waals surface area contributed by atoms with Crippen LogP contribution >= 0.6 is 0 Å². The monoisotopic (exact) mass is 238 g/mol. The highest BCUT2D eigenvalue weighted by Gasteiger charge is 2.05. The summed E-state index contributed by atoms with van der Waals surface area (Å²) in [5.74, 6) is 0. The van der Waals surface area contributed by atoms with E-state index in [0.29, 0.717) is 0 Å². The van der Waals surface area contributed by atoms with Crippen LogP contribution in [0.4, 0.5) is 0 Å². The molecule has 0 bridgehead atoms. The molecule has 18 heavy (non-hydrogen) atoms. The third kappa shape index (κ3) is 3.45. The Morgan fingerprint density at radius 3 is 2.00 bits per heavy atom. The Kier molecular flexibility index (Phi) is 4.13. The van der Waals surface area contributed by atoms with Gasteiger partial charge in [-0.15, -0.1) is 0 Å². The zero-order valence-corrected chi connectivity index (χ0v) is 10.9. The first-order valence-electron chi connectivity index (χ1n) is 6.10. The summed E-state index contributed by atoms with van der Waals surface area (Å²) < 4.78 is 0. The molecular formula is C16H18N2. The predicted molar refractivity (Wildman–Crippen MR) is 76.8 cm³/mol. The van der Waals surface area contributed by atoms with Crippen molar-refractivity contribution in [2.24, 2.45) is 5.10 Å². The average Bonchev–Trinajstić information content (AvgIpc) is 2.40. The first kappa shape index (κ1) is 12.4. The van der Waals surface area contributed by atoms with Crippen LogP contribution in [0.3, 0.4) is 0 Å². The van der Waals surface area contributed by atoms with Crippen LogP contribution in [0.15, 0.2) is 65.8 Å². The molecule has 2 nitrogen and oxygen atoms in total. The second kappa shape index (κ2) is 6.01. The number of hydrogen-bond donors (Lipinski definition) is 0. The Balaban J connectivity index is 2.28. The quantitative estimate of drug-likeness (QED) is 0.590. The topological polar surface area (TPSA) is 15.6 Å². The van der Waals surface area contributed by atoms with Gasteiger partial charge in [0.25, 0.3) is 0 Å². The average molecular weight is 238 g/mol. The van der Waals surface area contributed by atoms with E-state index in [-0.39, 0.29) is 0 Å². The second-order valence-electron chi connectivity index (χ2n) is 4.42. The van der Waals surface area contributed by atoms with Crippen molar-refractivity contribution in [3.63, 3.8) is 0 Å². The lowest BCUT2D eigenvalue weighted by Gasteiger charge is -2.11. The van der Waals surface area contributed by atoms with Gasteiger partial charge >= 0.3 is 0 Å². The van der Waals surface area contributed by atoms with E-state index in [1.807, 2.05) is 43.4 Å². The van der Waals surface area contributed by atoms with Gasteiger partial charge in [-0.2, -0.15) is 5.10 Å². The summed E-state index contributed by atoms with van der Waals surface area (Å²) in [6.45, 7) is 0. The summed E-state index contributed by atoms with van der Waals surface area (Å²) in [6, 6.07) is 20.8. The SMILES string of the molecule is CN(C)/N=C(\Cc1ccccc1)c1ccccc1. The molecule has 0 heterocycles. The third-order valence-electron chi connectivity index (χ3n) is 2.64. The first-order chi connectivity index (χ1) is 8.75. The molecule has 0 spiro atoms. The Morgan fingerprint density at radius 2 is 1.44 bits per heavy atom. The van der Waals surface area contributed by atoms with Gasteiger partial charge in [-0.1, -0.05) is 60.7 Å². The Hall–Kier alpha value is -2.09. The molecule has 0 radical (unpaired) electrons. The normalized spacial score (nSPS) is 11.3. The zero-order chi connectivity index (χ0) is 12.8. The van der Waals surface area contributed by atoms with Crippen molar-refractivity contribution in [3.8, 4) is 0 Å². The summed E-state index contributed by atoms with van der Waals surface area (Å²) in [6.07, 6.45) is 0.850. The molecule has 2 aromatic rings. The molecule has 0 saturated carbocycles. The van der Waals surface area contributed by atoms with E-state index in [1.54, 1.807) is 0 Å². The van der Waals surface area contributed by atoms with E-state index in [0.717, 1.165) is 12.1 Å². The highest BCUT2D eigenvalue weighted by Crippen LogP contribution is 2.09. The molecule has 0 aromatic heterocycles. The largest absolute Gasteiger partial charge is 0.303 e. The molecule has 2 aromatic carbocycles. The molecule has 0 unspecified atom stereocenters. The van der Waals surface area contributed by atoms with Crippen molar-refractivity contribution in [2.45, 2.75) is 6.42 Å². The third-order valence-corrected chi connectivity index (χ3v) is 2.64. The van der Waals surface area contributed by atoms with E-state index < -0.39 is 0 Å². The minimum atomic E-state index is 0.850. The molecule has 92 valence electrons. The van der Waals surface area contributed by atoms with Crippen molar-refractivity contribution >= 4 is 5.71 Å². The van der Waals surface area contributed by atoms with E-state index in [2.05, 4.69) is 41.5 Å². The van der Waals surface area contributed by atoms with E-state index in [4.69, 9.17) is 0 Å². The van der Waals surface area contributed by atoms with Crippen LogP contribution in [0.25, 0.3) is 0 Å². The summed E-state index contributed by atoms with van der Waals surface area (Å²) in [4.78, 5) is 0. The van der Waals surface area contributed by atoms with Crippen molar-refractivity contribution in [1.82, 2.24) is 5.01 Å². The highest BCUT2D eigenvalue weighted by molar-refractivity contribution is 6.01. The summed E-state index contributed by atoms with van der Waals surface area (Å²) >= 11 is 0. The van der Waals surface area contributed by atoms with Gasteiger partial charge in [-0.05, 0) is 11.1 Å². The van der Waals surface area contributed by atoms with Crippen LogP contribution in [-0.4, -0.2) is 24.8 Å². The number of hydrogen-bond acceptors (Lipinski definition) is 2. The zero-order valence-electron chi connectivity index (χ0n) is 10.9. The van der Waals surface area contributed by atoms with Crippen LogP contribution < -0.4 is 0 Å². The molecule has 2 heteroatoms. The Labute approximate surface area is 109 Å². The lowest BCUT2D eigenvalue weighted by Crippen LogP contribution is -2.12. The first-order valence-corrected chi connectivity index (χ1v) is 6.10. The molecule has 0 aliphatic heterocycles. The number of nitrogens with zero attached hydrogens (tertiary/aromatic N) is 2. The maximum atomic E-state index is 4.59. The molecule has 0 N–H and O–H groups in total. The fourth-order valence-electron chi connectivity index (χ4n) is 1.86. The van der Waals surface area contributed by atoms with E-state index in [9.17, 15) is 0 Å². The molecule has 0 atom stereocenters. The van der Waals surface area contributed by atoms with E-state index in [1.165, 1.54) is 11.1 Å². The van der Waals surface area contributed by atoms with E-state index >= 15 is 0 Å². The van der Waals surface area contributed by atoms with Crippen molar-refractivity contribution in [2.75, 3.05) is 14.1 Å². The van der Waals surface area contributed by atoms with Gasteiger partial charge < -0.3 is 5.01 Å². The molecule has 0 fully saturated rings. The number of rotatable bonds is 4. The number of benzene rings is 2. The number of hydrazone groups is 1. The summed E-state index contributed by atoms with van der Waals surface area (Å²) in [5, 5.41) is 6.44. The standard InChI is InChI=1S/C16H18N2/c1-18(2)17-16(15-11-7-4-8-12-15)13-14-9-5-3-6-10-14/h3-12H,13H2,1-2H3/b17-16+. The van der Waals surface area contributed by atoms with Crippen LogP contribution in [-0.2, 0) is 6.42 Å². The minimum Gasteiger partial charge on any atom is -0.303 e. The second-order valence-corrected chi connectivity index (χ2v) is 4.42. The van der Waals surface area contributed by atoms with Gasteiger partial charge in [-0.25, -0.2) is 0 Å². The lowest BCUT2D eigenvalue weighted by atomic mass is 10.0. The van der Waals surface area contributed by atoms with Gasteiger partial charge in [-0.3, -0.25) is 0 Å². The fourth-order valence-corrected chi connectivity index (χ4v) is 1.86. The Bertz CT molecular complexity index is 501. The van der Waals surface area contributed by atoms with Crippen LogP contribution in [0.2, 0.25) is 0 Å². The Morgan fingerprint density at radius 1 is 0.889 bits per heavy atom. The van der Waals surface area contributed by atoms with Crippen molar-refractivity contribution < 1.29 is 0 Å². The highest BCUT2D eigenvalue weighted by atomic mass is 15.4. The van der Waals surface area contributed by atoms with Crippen LogP contribution in [0, 0.1) is 0 Å². The van der Waals surface area contributed by atoms with Crippen LogP contribution in [0.5, 0.6) is 0 Å². The molecule has 0 aliphatic carbocycles. The molecule has 0 saturated heterocycles. The van der Waals surface area contributed by atoms with Crippen molar-refractivity contribution in [3.05, 3.63) is 71.8 Å². The molecule has 2 rings (SSSR count). The smallest absolute Gasteiger partial charge is 0.0721 e. The summed E-state index contributed by atoms with van der Waals surface area (Å²) in [7, 11) is 3.90.